The number of aliphatic hydroxyl groups is 1. The number of carbonyl (C=O) groups is 2. The second-order valence-corrected chi connectivity index (χ2v) is 5.62. The van der Waals surface area contributed by atoms with Gasteiger partial charge in [-0.05, 0) is 23.6 Å². The largest absolute Gasteiger partial charge is 0.387 e. The molecule has 3 N–H and O–H groups in total. The van der Waals surface area contributed by atoms with Crippen LogP contribution in [0.5, 0.6) is 0 Å². The van der Waals surface area contributed by atoms with E-state index in [1.165, 1.54) is 17.9 Å². The Hall–Kier alpha value is -2.87. The van der Waals surface area contributed by atoms with E-state index in [0.717, 1.165) is 18.7 Å². The third kappa shape index (κ3) is 3.38. The lowest BCUT2D eigenvalue weighted by Crippen LogP contribution is -2.37. The number of rotatable bonds is 4. The van der Waals surface area contributed by atoms with Gasteiger partial charge in [-0.2, -0.15) is 0 Å². The van der Waals surface area contributed by atoms with E-state index in [0.29, 0.717) is 5.56 Å². The van der Waals surface area contributed by atoms with Crippen molar-refractivity contribution in [2.75, 3.05) is 30.4 Å². The molecule has 1 unspecified atom stereocenters. The fraction of sp³-hybridized carbons (Fsp3) is 0.312. The van der Waals surface area contributed by atoms with Crippen LogP contribution in [0.2, 0.25) is 0 Å². The molecule has 0 aliphatic carbocycles. The molecule has 8 heteroatoms. The Bertz CT molecular complexity index is 745. The molecule has 1 aliphatic heterocycles. The molecule has 1 aromatic carbocycles. The van der Waals surface area contributed by atoms with Crippen molar-refractivity contribution in [3.63, 3.8) is 0 Å². The molecule has 0 saturated carbocycles. The molecule has 126 valence electrons. The number of hydrogen-bond acceptors (Lipinski definition) is 6. The molecule has 3 rings (SSSR count). The molecule has 0 spiro atoms. The predicted molar refractivity (Wildman–Crippen MR) is 86.5 cm³/mol. The highest BCUT2D eigenvalue weighted by molar-refractivity contribution is 6.39. The number of nitrogens with one attached hydrogen (secondary N) is 2. The lowest BCUT2D eigenvalue weighted by atomic mass is 10.0. The van der Waals surface area contributed by atoms with Crippen molar-refractivity contribution in [2.24, 2.45) is 0 Å². The first-order valence-corrected chi connectivity index (χ1v) is 7.56. The Morgan fingerprint density at radius 1 is 1.38 bits per heavy atom. The molecule has 0 fully saturated rings. The van der Waals surface area contributed by atoms with Gasteiger partial charge in [0.05, 0.1) is 6.10 Å². The monoisotopic (exact) mass is 330 g/mol. The van der Waals surface area contributed by atoms with Gasteiger partial charge in [0.25, 0.3) is 0 Å². The maximum atomic E-state index is 11.7. The highest BCUT2D eigenvalue weighted by Crippen LogP contribution is 2.29. The Balaban J connectivity index is 1.54. The second-order valence-electron chi connectivity index (χ2n) is 5.62. The number of likely N-dealkylation sites (N-methyl/N-ethyl adjacent to an activating group) is 1. The van der Waals surface area contributed by atoms with E-state index < -0.39 is 17.9 Å². The van der Waals surface area contributed by atoms with Crippen LogP contribution in [0.3, 0.4) is 0 Å². The normalized spacial score (nSPS) is 14.2. The lowest BCUT2D eigenvalue weighted by molar-refractivity contribution is -0.136. The Morgan fingerprint density at radius 2 is 2.21 bits per heavy atom. The van der Waals surface area contributed by atoms with Crippen LogP contribution < -0.4 is 15.5 Å². The van der Waals surface area contributed by atoms with Crippen molar-refractivity contribution in [3.8, 4) is 0 Å². The van der Waals surface area contributed by atoms with Gasteiger partial charge in [0.1, 0.15) is 6.26 Å². The summed E-state index contributed by atoms with van der Waals surface area (Å²) >= 11 is 0. The van der Waals surface area contributed by atoms with E-state index >= 15 is 0 Å². The second kappa shape index (κ2) is 6.71. The van der Waals surface area contributed by atoms with Crippen LogP contribution in [0.15, 0.2) is 35.1 Å². The Kier molecular flexibility index (Phi) is 4.48. The average molecular weight is 330 g/mol. The molecule has 2 heterocycles. The van der Waals surface area contributed by atoms with Crippen LogP contribution in [-0.4, -0.2) is 42.2 Å². The van der Waals surface area contributed by atoms with Crippen LogP contribution in [0, 0.1) is 0 Å². The molecule has 2 aromatic rings. The number of hydrogen-bond donors (Lipinski definition) is 3. The molecule has 2 amide bonds. The molecule has 0 radical (unpaired) electrons. The number of amides is 2. The van der Waals surface area contributed by atoms with Crippen LogP contribution in [-0.2, 0) is 16.0 Å². The molecule has 1 atom stereocenters. The maximum absolute atomic E-state index is 11.7. The number of carbonyl (C=O) groups excluding carboxylic acids is 2. The van der Waals surface area contributed by atoms with E-state index in [4.69, 9.17) is 0 Å². The minimum absolute atomic E-state index is 0.0559. The Morgan fingerprint density at radius 3 is 2.96 bits per heavy atom. The fourth-order valence-corrected chi connectivity index (χ4v) is 2.63. The summed E-state index contributed by atoms with van der Waals surface area (Å²) in [6.45, 7) is 0.896. The summed E-state index contributed by atoms with van der Waals surface area (Å²) in [5, 5.41) is 18.4. The highest BCUT2D eigenvalue weighted by atomic mass is 16.5. The van der Waals surface area contributed by atoms with Gasteiger partial charge in [0.15, 0.2) is 5.82 Å². The van der Waals surface area contributed by atoms with Crippen LogP contribution in [0.1, 0.15) is 17.2 Å². The smallest absolute Gasteiger partial charge is 0.314 e. The summed E-state index contributed by atoms with van der Waals surface area (Å²) in [5.41, 5.74) is 3.03. The minimum Gasteiger partial charge on any atom is -0.387 e. The third-order valence-electron chi connectivity index (χ3n) is 3.96. The zero-order chi connectivity index (χ0) is 17.1. The van der Waals surface area contributed by atoms with Gasteiger partial charge in [-0.3, -0.25) is 14.9 Å². The predicted octanol–water partition coefficient (Wildman–Crippen LogP) is 0.455. The van der Waals surface area contributed by atoms with Gasteiger partial charge in [-0.1, -0.05) is 17.3 Å². The number of anilines is 2. The highest BCUT2D eigenvalue weighted by Gasteiger charge is 2.20. The molecule has 8 nitrogen and oxygen atoms in total. The maximum Gasteiger partial charge on any atom is 0.314 e. The van der Waals surface area contributed by atoms with Crippen molar-refractivity contribution < 1.29 is 19.2 Å². The molecule has 1 aromatic heterocycles. The number of nitrogens with zero attached hydrogens (tertiary/aromatic N) is 2. The van der Waals surface area contributed by atoms with Crippen molar-refractivity contribution >= 4 is 23.3 Å². The van der Waals surface area contributed by atoms with E-state index in [-0.39, 0.29) is 12.4 Å². The van der Waals surface area contributed by atoms with Crippen molar-refractivity contribution in [3.05, 3.63) is 41.7 Å². The van der Waals surface area contributed by atoms with Gasteiger partial charge >= 0.3 is 11.8 Å². The minimum atomic E-state index is -0.884. The van der Waals surface area contributed by atoms with E-state index in [2.05, 4.69) is 25.2 Å². The number of aromatic nitrogens is 1. The summed E-state index contributed by atoms with van der Waals surface area (Å²) < 4.78 is 4.56. The first-order valence-electron chi connectivity index (χ1n) is 7.56. The van der Waals surface area contributed by atoms with Gasteiger partial charge in [-0.15, -0.1) is 0 Å². The molecule has 0 saturated heterocycles. The molecule has 0 bridgehead atoms. The average Bonchev–Trinajstić information content (AvgIpc) is 3.22. The van der Waals surface area contributed by atoms with E-state index in [1.54, 1.807) is 0 Å². The molecule has 1 aliphatic rings. The SMILES string of the molecule is CN1CCc2cc(C(O)CNC(=O)C(=O)Nc3ccon3)ccc21. The summed E-state index contributed by atoms with van der Waals surface area (Å²) in [6, 6.07) is 7.14. The quantitative estimate of drug-likeness (QED) is 0.703. The first-order chi connectivity index (χ1) is 11.5. The van der Waals surface area contributed by atoms with Crippen molar-refractivity contribution in [1.29, 1.82) is 0 Å². The summed E-state index contributed by atoms with van der Waals surface area (Å²) in [6.07, 6.45) is 1.33. The van der Waals surface area contributed by atoms with Crippen LogP contribution in [0.25, 0.3) is 0 Å². The first kappa shape index (κ1) is 16.0. The third-order valence-corrected chi connectivity index (χ3v) is 3.96. The van der Waals surface area contributed by atoms with Gasteiger partial charge in [0, 0.05) is 31.9 Å². The van der Waals surface area contributed by atoms with Gasteiger partial charge in [0.2, 0.25) is 0 Å². The number of fused-ring (bicyclic) bond motifs is 1. The van der Waals surface area contributed by atoms with E-state index in [1.807, 2.05) is 25.2 Å². The van der Waals surface area contributed by atoms with Gasteiger partial charge < -0.3 is 19.8 Å². The van der Waals surface area contributed by atoms with Crippen molar-refractivity contribution in [1.82, 2.24) is 10.5 Å². The summed E-state index contributed by atoms with van der Waals surface area (Å²) in [5.74, 6) is -1.57. The number of aliphatic hydroxyl groups excluding tert-OH is 1. The zero-order valence-corrected chi connectivity index (χ0v) is 13.2. The fourth-order valence-electron chi connectivity index (χ4n) is 2.63. The number of benzene rings is 1. The zero-order valence-electron chi connectivity index (χ0n) is 13.2. The topological polar surface area (TPSA) is 108 Å². The van der Waals surface area contributed by atoms with Crippen LogP contribution >= 0.6 is 0 Å². The van der Waals surface area contributed by atoms with Crippen LogP contribution in [0.4, 0.5) is 11.5 Å². The lowest BCUT2D eigenvalue weighted by Gasteiger charge is -2.15. The molecule has 24 heavy (non-hydrogen) atoms. The van der Waals surface area contributed by atoms with Gasteiger partial charge in [-0.25, -0.2) is 0 Å². The molecular formula is C16H18N4O4. The Labute approximate surface area is 138 Å². The summed E-state index contributed by atoms with van der Waals surface area (Å²) in [4.78, 5) is 25.5. The van der Waals surface area contributed by atoms with Crippen molar-refractivity contribution in [2.45, 2.75) is 12.5 Å². The van der Waals surface area contributed by atoms with E-state index in [9.17, 15) is 14.7 Å². The molecular weight excluding hydrogens is 312 g/mol. The summed E-state index contributed by atoms with van der Waals surface area (Å²) in [7, 11) is 2.02. The standard InChI is InChI=1S/C16H18N4O4/c1-20-6-4-10-8-11(2-3-12(10)20)13(21)9-17-15(22)16(23)18-14-5-7-24-19-14/h2-3,5,7-8,13,21H,4,6,9H2,1H3,(H,17,22)(H,18,19,23).